The number of amides is 1. The maximum atomic E-state index is 12.4. The van der Waals surface area contributed by atoms with Crippen LogP contribution >= 0.6 is 0 Å². The van der Waals surface area contributed by atoms with E-state index in [0.29, 0.717) is 18.6 Å². The molecule has 0 radical (unpaired) electrons. The Morgan fingerprint density at radius 1 is 1.14 bits per heavy atom. The minimum Gasteiger partial charge on any atom is -0.350 e. The van der Waals surface area contributed by atoms with Crippen LogP contribution in [0.4, 0.5) is 0 Å². The van der Waals surface area contributed by atoms with E-state index in [1.165, 1.54) is 12.8 Å². The van der Waals surface area contributed by atoms with E-state index >= 15 is 0 Å². The predicted octanol–water partition coefficient (Wildman–Crippen LogP) is 3.22. The van der Waals surface area contributed by atoms with Gasteiger partial charge in [0.25, 0.3) is 0 Å². The number of carbonyl (C=O) groups excluding carboxylic acids is 1. The third-order valence-corrected chi connectivity index (χ3v) is 5.45. The lowest BCUT2D eigenvalue weighted by atomic mass is 10.1. The summed E-state index contributed by atoms with van der Waals surface area (Å²) in [5.74, 6) is 1.01. The fourth-order valence-corrected chi connectivity index (χ4v) is 4.38. The minimum absolute atomic E-state index is 0.130. The number of nitrogens with one attached hydrogen (secondary N) is 1. The Morgan fingerprint density at radius 2 is 1.79 bits per heavy atom. The second-order valence-corrected chi connectivity index (χ2v) is 8.89. The Morgan fingerprint density at radius 3 is 2.45 bits per heavy atom. The SMILES string of the molecule is CC.CC(C)(C)NC(=O)CN1C2CCC1CN(Cc1ncc3ccccc3n1)C2. The van der Waals surface area contributed by atoms with Gasteiger partial charge in [-0.1, -0.05) is 32.0 Å². The Labute approximate surface area is 174 Å². The van der Waals surface area contributed by atoms with E-state index in [1.54, 1.807) is 0 Å². The molecule has 2 aliphatic rings. The van der Waals surface area contributed by atoms with Crippen LogP contribution in [0.1, 0.15) is 53.3 Å². The van der Waals surface area contributed by atoms with Crippen LogP contribution in [0.2, 0.25) is 0 Å². The van der Waals surface area contributed by atoms with Gasteiger partial charge >= 0.3 is 0 Å². The molecular weight excluding hydrogens is 362 g/mol. The number of likely N-dealkylation sites (tertiary alicyclic amines) is 1. The van der Waals surface area contributed by atoms with Crippen LogP contribution in [-0.2, 0) is 11.3 Å². The monoisotopic (exact) mass is 397 g/mol. The maximum absolute atomic E-state index is 12.4. The Balaban J connectivity index is 0.00000117. The van der Waals surface area contributed by atoms with Gasteiger partial charge in [-0.2, -0.15) is 0 Å². The van der Waals surface area contributed by atoms with Gasteiger partial charge in [0, 0.05) is 42.3 Å². The molecule has 2 saturated heterocycles. The molecule has 2 unspecified atom stereocenters. The first-order valence-corrected chi connectivity index (χ1v) is 10.9. The Bertz CT molecular complexity index is 817. The first kappa shape index (κ1) is 21.7. The van der Waals surface area contributed by atoms with E-state index in [-0.39, 0.29) is 11.4 Å². The highest BCUT2D eigenvalue weighted by Gasteiger charge is 2.40. The van der Waals surface area contributed by atoms with Crippen molar-refractivity contribution in [2.24, 2.45) is 0 Å². The summed E-state index contributed by atoms with van der Waals surface area (Å²) in [7, 11) is 0. The number of carbonyl (C=O) groups is 1. The van der Waals surface area contributed by atoms with Gasteiger partial charge in [-0.15, -0.1) is 0 Å². The fraction of sp³-hybridized carbons (Fsp3) is 0.609. The highest BCUT2D eigenvalue weighted by Crippen LogP contribution is 2.30. The lowest BCUT2D eigenvalue weighted by molar-refractivity contribution is -0.125. The second-order valence-electron chi connectivity index (χ2n) is 8.89. The molecule has 0 spiro atoms. The van der Waals surface area contributed by atoms with E-state index in [1.807, 2.05) is 65.1 Å². The van der Waals surface area contributed by atoms with Gasteiger partial charge in [-0.25, -0.2) is 9.97 Å². The van der Waals surface area contributed by atoms with Crippen LogP contribution in [0.5, 0.6) is 0 Å². The van der Waals surface area contributed by atoms with Crippen LogP contribution in [0.25, 0.3) is 10.9 Å². The normalized spacial score (nSPS) is 22.2. The predicted molar refractivity (Wildman–Crippen MR) is 118 cm³/mol. The van der Waals surface area contributed by atoms with Gasteiger partial charge in [0.2, 0.25) is 5.91 Å². The van der Waals surface area contributed by atoms with Crippen LogP contribution in [0.15, 0.2) is 30.5 Å². The summed E-state index contributed by atoms with van der Waals surface area (Å²) in [4.78, 5) is 26.5. The zero-order valence-electron chi connectivity index (χ0n) is 18.5. The topological polar surface area (TPSA) is 61.4 Å². The van der Waals surface area contributed by atoms with Crippen LogP contribution in [0.3, 0.4) is 0 Å². The van der Waals surface area contributed by atoms with Gasteiger partial charge in [-0.3, -0.25) is 14.6 Å². The highest BCUT2D eigenvalue weighted by molar-refractivity contribution is 5.79. The van der Waals surface area contributed by atoms with Crippen LogP contribution < -0.4 is 5.32 Å². The number of hydrogen-bond donors (Lipinski definition) is 1. The lowest BCUT2D eigenvalue weighted by Gasteiger charge is -2.40. The number of hydrogen-bond acceptors (Lipinski definition) is 5. The van der Waals surface area contributed by atoms with E-state index in [9.17, 15) is 4.79 Å². The van der Waals surface area contributed by atoms with Gasteiger partial charge in [0.1, 0.15) is 5.82 Å². The molecule has 1 N–H and O–H groups in total. The number of piperazine rings is 1. The van der Waals surface area contributed by atoms with E-state index < -0.39 is 0 Å². The van der Waals surface area contributed by atoms with E-state index in [2.05, 4.69) is 20.1 Å². The van der Waals surface area contributed by atoms with Gasteiger partial charge in [-0.05, 0) is 39.7 Å². The quantitative estimate of drug-likeness (QED) is 0.858. The van der Waals surface area contributed by atoms with Gasteiger partial charge < -0.3 is 5.32 Å². The molecule has 158 valence electrons. The van der Waals surface area contributed by atoms with Crippen molar-refractivity contribution in [3.63, 3.8) is 0 Å². The van der Waals surface area contributed by atoms with Crippen molar-refractivity contribution in [2.75, 3.05) is 19.6 Å². The van der Waals surface area contributed by atoms with E-state index in [4.69, 9.17) is 4.98 Å². The third-order valence-electron chi connectivity index (χ3n) is 5.45. The van der Waals surface area contributed by atoms with Gasteiger partial charge in [0.05, 0.1) is 18.6 Å². The van der Waals surface area contributed by atoms with Crippen molar-refractivity contribution in [2.45, 2.75) is 71.6 Å². The summed E-state index contributed by atoms with van der Waals surface area (Å²) in [5.41, 5.74) is 0.828. The zero-order chi connectivity index (χ0) is 21.0. The van der Waals surface area contributed by atoms with Crippen molar-refractivity contribution >= 4 is 16.8 Å². The molecule has 0 saturated carbocycles. The lowest BCUT2D eigenvalue weighted by Crippen LogP contribution is -2.56. The third kappa shape index (κ3) is 5.52. The Kier molecular flexibility index (Phi) is 6.85. The maximum Gasteiger partial charge on any atom is 0.234 e. The number of aromatic nitrogens is 2. The molecule has 2 fully saturated rings. The number of fused-ring (bicyclic) bond motifs is 3. The van der Waals surface area contributed by atoms with Gasteiger partial charge in [0.15, 0.2) is 0 Å². The molecule has 2 aliphatic heterocycles. The molecule has 1 aromatic carbocycles. The number of rotatable bonds is 4. The highest BCUT2D eigenvalue weighted by atomic mass is 16.2. The summed E-state index contributed by atoms with van der Waals surface area (Å²) in [5, 5.41) is 4.17. The largest absolute Gasteiger partial charge is 0.350 e. The smallest absolute Gasteiger partial charge is 0.234 e. The van der Waals surface area contributed by atoms with Crippen molar-refractivity contribution < 1.29 is 4.79 Å². The van der Waals surface area contributed by atoms with Crippen molar-refractivity contribution in [3.8, 4) is 0 Å². The Hall–Kier alpha value is -2.05. The summed E-state index contributed by atoms with van der Waals surface area (Å²) in [6, 6.07) is 9.01. The first-order valence-electron chi connectivity index (χ1n) is 10.9. The average molecular weight is 398 g/mol. The number of benzene rings is 1. The number of nitrogens with zero attached hydrogens (tertiary/aromatic N) is 4. The molecule has 6 nitrogen and oxygen atoms in total. The van der Waals surface area contributed by atoms with Crippen LogP contribution in [-0.4, -0.2) is 62.9 Å². The van der Waals surface area contributed by atoms with Crippen LogP contribution in [0, 0.1) is 0 Å². The molecule has 6 heteroatoms. The molecule has 1 aromatic heterocycles. The summed E-state index contributed by atoms with van der Waals surface area (Å²) >= 11 is 0. The number of para-hydroxylation sites is 1. The molecule has 29 heavy (non-hydrogen) atoms. The van der Waals surface area contributed by atoms with E-state index in [0.717, 1.165) is 36.4 Å². The summed E-state index contributed by atoms with van der Waals surface area (Å²) in [6.07, 6.45) is 4.25. The van der Waals surface area contributed by atoms with Crippen molar-refractivity contribution in [3.05, 3.63) is 36.3 Å². The second kappa shape index (κ2) is 9.18. The molecule has 0 aliphatic carbocycles. The molecule has 2 aromatic rings. The fourth-order valence-electron chi connectivity index (χ4n) is 4.38. The zero-order valence-corrected chi connectivity index (χ0v) is 18.5. The minimum atomic E-state index is -0.175. The molecule has 1 amide bonds. The molecule has 2 atom stereocenters. The standard InChI is InChI=1S/C21H29N5O.C2H6/c1-21(2,3)24-20(27)14-26-16-8-9-17(26)12-25(11-16)13-19-22-10-15-6-4-5-7-18(15)23-19;1-2/h4-7,10,16-17H,8-9,11-14H2,1-3H3,(H,24,27);1-2H3. The summed E-state index contributed by atoms with van der Waals surface area (Å²) in [6.45, 7) is 13.3. The molecule has 2 bridgehead atoms. The summed E-state index contributed by atoms with van der Waals surface area (Å²) < 4.78 is 0. The van der Waals surface area contributed by atoms with Crippen molar-refractivity contribution in [1.82, 2.24) is 25.1 Å². The molecular formula is C23H35N5O. The van der Waals surface area contributed by atoms with Crippen molar-refractivity contribution in [1.29, 1.82) is 0 Å². The molecule has 3 heterocycles. The first-order chi connectivity index (χ1) is 13.9. The molecule has 4 rings (SSSR count). The average Bonchev–Trinajstić information content (AvgIpc) is 2.90.